The lowest BCUT2D eigenvalue weighted by Crippen LogP contribution is -1.95. The molecule has 0 amide bonds. The van der Waals surface area contributed by atoms with Crippen LogP contribution in [0.1, 0.15) is 0 Å². The van der Waals surface area contributed by atoms with Gasteiger partial charge in [0, 0.05) is 11.8 Å². The van der Waals surface area contributed by atoms with Gasteiger partial charge in [0.05, 0.1) is 12.8 Å². The lowest BCUT2D eigenvalue weighted by atomic mass is 10.1. The van der Waals surface area contributed by atoms with E-state index < -0.39 is 0 Å². The minimum atomic E-state index is -0.297. The molecule has 3 heteroatoms. The van der Waals surface area contributed by atoms with Crippen LogP contribution in [0.3, 0.4) is 0 Å². The Morgan fingerprint density at radius 1 is 0.900 bits per heavy atom. The van der Waals surface area contributed by atoms with E-state index in [2.05, 4.69) is 11.4 Å². The van der Waals surface area contributed by atoms with E-state index >= 15 is 0 Å². The second-order valence-electron chi connectivity index (χ2n) is 4.53. The highest BCUT2D eigenvalue weighted by Gasteiger charge is 2.05. The van der Waals surface area contributed by atoms with Crippen molar-refractivity contribution < 1.29 is 9.13 Å². The number of hydrogen-bond donors (Lipinski definition) is 1. The van der Waals surface area contributed by atoms with Crippen LogP contribution >= 0.6 is 0 Å². The molecule has 3 aromatic rings. The number of anilines is 2. The molecule has 3 rings (SSSR count). The van der Waals surface area contributed by atoms with Crippen molar-refractivity contribution in [3.05, 3.63) is 66.5 Å². The van der Waals surface area contributed by atoms with Gasteiger partial charge in [-0.15, -0.1) is 0 Å². The van der Waals surface area contributed by atoms with E-state index in [1.165, 1.54) is 17.5 Å². The Morgan fingerprint density at radius 3 is 2.50 bits per heavy atom. The van der Waals surface area contributed by atoms with Crippen molar-refractivity contribution in [2.45, 2.75) is 0 Å². The maximum absolute atomic E-state index is 13.3. The zero-order chi connectivity index (χ0) is 13.9. The number of methoxy groups -OCH3 is 1. The Balaban J connectivity index is 1.98. The van der Waals surface area contributed by atoms with Gasteiger partial charge in [-0.25, -0.2) is 4.39 Å². The summed E-state index contributed by atoms with van der Waals surface area (Å²) in [5, 5.41) is 5.49. The average molecular weight is 267 g/mol. The molecule has 100 valence electrons. The summed E-state index contributed by atoms with van der Waals surface area (Å²) in [4.78, 5) is 0. The molecule has 0 unspecified atom stereocenters. The Kier molecular flexibility index (Phi) is 3.25. The minimum Gasteiger partial charge on any atom is -0.495 e. The minimum absolute atomic E-state index is 0.297. The molecule has 0 aromatic heterocycles. The molecular weight excluding hydrogens is 253 g/mol. The molecule has 0 fully saturated rings. The fourth-order valence-electron chi connectivity index (χ4n) is 2.20. The summed E-state index contributed by atoms with van der Waals surface area (Å²) in [6, 6.07) is 18.5. The van der Waals surface area contributed by atoms with Crippen LogP contribution in [0.4, 0.5) is 15.8 Å². The summed E-state index contributed by atoms with van der Waals surface area (Å²) in [5.74, 6) is 0.314. The van der Waals surface area contributed by atoms with Crippen LogP contribution in [0.15, 0.2) is 60.7 Å². The van der Waals surface area contributed by atoms with Gasteiger partial charge in [-0.05, 0) is 35.0 Å². The van der Waals surface area contributed by atoms with Crippen molar-refractivity contribution in [3.8, 4) is 5.75 Å². The Morgan fingerprint density at radius 2 is 1.70 bits per heavy atom. The molecule has 0 heterocycles. The molecule has 0 aliphatic carbocycles. The van der Waals surface area contributed by atoms with E-state index in [1.807, 2.05) is 36.4 Å². The number of nitrogens with one attached hydrogen (secondary N) is 1. The molecule has 0 saturated carbocycles. The van der Waals surface area contributed by atoms with Gasteiger partial charge < -0.3 is 10.1 Å². The number of halogens is 1. The van der Waals surface area contributed by atoms with Crippen molar-refractivity contribution in [3.63, 3.8) is 0 Å². The normalized spacial score (nSPS) is 10.5. The molecule has 0 radical (unpaired) electrons. The zero-order valence-electron chi connectivity index (χ0n) is 11.1. The standard InChI is InChI=1S/C17H14FNO/c1-20-17-9-7-14(18)11-16(17)19-15-8-6-12-4-2-3-5-13(12)10-15/h2-11,19H,1H3. The summed E-state index contributed by atoms with van der Waals surface area (Å²) in [6.07, 6.45) is 0. The van der Waals surface area contributed by atoms with E-state index in [9.17, 15) is 4.39 Å². The van der Waals surface area contributed by atoms with Gasteiger partial charge in [-0.2, -0.15) is 0 Å². The van der Waals surface area contributed by atoms with E-state index in [0.29, 0.717) is 11.4 Å². The highest BCUT2D eigenvalue weighted by atomic mass is 19.1. The second kappa shape index (κ2) is 5.21. The highest BCUT2D eigenvalue weighted by Crippen LogP contribution is 2.29. The zero-order valence-corrected chi connectivity index (χ0v) is 11.1. The Hall–Kier alpha value is -2.55. The van der Waals surface area contributed by atoms with E-state index in [0.717, 1.165) is 11.1 Å². The van der Waals surface area contributed by atoms with Crippen molar-refractivity contribution in [2.24, 2.45) is 0 Å². The molecular formula is C17H14FNO. The predicted octanol–water partition coefficient (Wildman–Crippen LogP) is 4.73. The maximum atomic E-state index is 13.3. The number of rotatable bonds is 3. The summed E-state index contributed by atoms with van der Waals surface area (Å²) in [5.41, 5.74) is 1.51. The second-order valence-corrected chi connectivity index (χ2v) is 4.53. The number of hydrogen-bond acceptors (Lipinski definition) is 2. The quantitative estimate of drug-likeness (QED) is 0.740. The van der Waals surface area contributed by atoms with E-state index in [1.54, 1.807) is 13.2 Å². The maximum Gasteiger partial charge on any atom is 0.142 e. The summed E-state index contributed by atoms with van der Waals surface area (Å²) in [7, 11) is 1.57. The molecule has 20 heavy (non-hydrogen) atoms. The van der Waals surface area contributed by atoms with Crippen molar-refractivity contribution in [1.29, 1.82) is 0 Å². The first kappa shape index (κ1) is 12.5. The van der Waals surface area contributed by atoms with Crippen LogP contribution in [0, 0.1) is 5.82 Å². The molecule has 3 aromatic carbocycles. The predicted molar refractivity (Wildman–Crippen MR) is 80.2 cm³/mol. The largest absolute Gasteiger partial charge is 0.495 e. The monoisotopic (exact) mass is 267 g/mol. The summed E-state index contributed by atoms with van der Waals surface area (Å²) in [6.45, 7) is 0. The third kappa shape index (κ3) is 2.43. The first-order valence-electron chi connectivity index (χ1n) is 6.35. The summed E-state index contributed by atoms with van der Waals surface area (Å²) >= 11 is 0. The Bertz CT molecular complexity index is 755. The molecule has 0 bridgehead atoms. The topological polar surface area (TPSA) is 21.3 Å². The fraction of sp³-hybridized carbons (Fsp3) is 0.0588. The van der Waals surface area contributed by atoms with Gasteiger partial charge in [-0.1, -0.05) is 30.3 Å². The highest BCUT2D eigenvalue weighted by molar-refractivity contribution is 5.86. The molecule has 1 N–H and O–H groups in total. The number of benzene rings is 3. The molecule has 0 aliphatic heterocycles. The van der Waals surface area contributed by atoms with Gasteiger partial charge in [0.25, 0.3) is 0 Å². The van der Waals surface area contributed by atoms with Gasteiger partial charge in [0.2, 0.25) is 0 Å². The van der Waals surface area contributed by atoms with E-state index in [4.69, 9.17) is 4.74 Å². The van der Waals surface area contributed by atoms with Gasteiger partial charge >= 0.3 is 0 Å². The molecule has 0 saturated heterocycles. The Labute approximate surface area is 116 Å². The lowest BCUT2D eigenvalue weighted by Gasteiger charge is -2.12. The first-order chi connectivity index (χ1) is 9.76. The van der Waals surface area contributed by atoms with Crippen LogP contribution < -0.4 is 10.1 Å². The van der Waals surface area contributed by atoms with Crippen LogP contribution in [0.25, 0.3) is 10.8 Å². The van der Waals surface area contributed by atoms with Crippen LogP contribution in [0.5, 0.6) is 5.75 Å². The molecule has 0 spiro atoms. The fourth-order valence-corrected chi connectivity index (χ4v) is 2.20. The first-order valence-corrected chi connectivity index (χ1v) is 6.35. The third-order valence-corrected chi connectivity index (χ3v) is 3.19. The van der Waals surface area contributed by atoms with Crippen molar-refractivity contribution in [1.82, 2.24) is 0 Å². The van der Waals surface area contributed by atoms with Crippen molar-refractivity contribution >= 4 is 22.1 Å². The SMILES string of the molecule is COc1ccc(F)cc1Nc1ccc2ccccc2c1. The molecule has 2 nitrogen and oxygen atoms in total. The van der Waals surface area contributed by atoms with Gasteiger partial charge in [0.1, 0.15) is 11.6 Å². The van der Waals surface area contributed by atoms with Crippen molar-refractivity contribution in [2.75, 3.05) is 12.4 Å². The van der Waals surface area contributed by atoms with Crippen LogP contribution in [-0.4, -0.2) is 7.11 Å². The number of ether oxygens (including phenoxy) is 1. The lowest BCUT2D eigenvalue weighted by molar-refractivity contribution is 0.416. The van der Waals surface area contributed by atoms with Gasteiger partial charge in [0.15, 0.2) is 0 Å². The number of fused-ring (bicyclic) bond motifs is 1. The van der Waals surface area contributed by atoms with Gasteiger partial charge in [-0.3, -0.25) is 0 Å². The summed E-state index contributed by atoms with van der Waals surface area (Å²) < 4.78 is 18.6. The molecule has 0 aliphatic rings. The molecule has 0 atom stereocenters. The van der Waals surface area contributed by atoms with E-state index in [-0.39, 0.29) is 5.82 Å². The smallest absolute Gasteiger partial charge is 0.142 e. The third-order valence-electron chi connectivity index (χ3n) is 3.19. The van der Waals surface area contributed by atoms with Crippen LogP contribution in [-0.2, 0) is 0 Å². The average Bonchev–Trinajstić information content (AvgIpc) is 2.47. The van der Waals surface area contributed by atoms with Crippen LogP contribution in [0.2, 0.25) is 0 Å².